The average molecular weight is 206 g/mol. The van der Waals surface area contributed by atoms with E-state index in [1.54, 1.807) is 0 Å². The van der Waals surface area contributed by atoms with E-state index in [0.717, 1.165) is 6.42 Å². The molecule has 84 valence electrons. The molecule has 0 bridgehead atoms. The van der Waals surface area contributed by atoms with Crippen molar-refractivity contribution in [3.63, 3.8) is 0 Å². The van der Waals surface area contributed by atoms with Crippen molar-refractivity contribution in [3.05, 3.63) is 29.8 Å². The maximum Gasteiger partial charge on any atom is 0.0386 e. The molecular weight excluding hydrogens is 184 g/mol. The summed E-state index contributed by atoms with van der Waals surface area (Å²) in [6.45, 7) is 7.25. The molecular formula is C13H22N2. The van der Waals surface area contributed by atoms with Crippen LogP contribution in [0.3, 0.4) is 0 Å². The van der Waals surface area contributed by atoms with Gasteiger partial charge in [0.2, 0.25) is 0 Å². The fraction of sp³-hybridized carbons (Fsp3) is 0.538. The van der Waals surface area contributed by atoms with Crippen LogP contribution in [0.15, 0.2) is 24.3 Å². The van der Waals surface area contributed by atoms with Crippen LogP contribution in [0, 0.1) is 12.8 Å². The van der Waals surface area contributed by atoms with Gasteiger partial charge in [-0.25, -0.2) is 0 Å². The highest BCUT2D eigenvalue weighted by molar-refractivity contribution is 5.50. The fourth-order valence-electron chi connectivity index (χ4n) is 1.74. The molecule has 2 nitrogen and oxygen atoms in total. The van der Waals surface area contributed by atoms with Crippen molar-refractivity contribution in [2.24, 2.45) is 11.7 Å². The summed E-state index contributed by atoms with van der Waals surface area (Å²) in [6, 6.07) is 8.72. The van der Waals surface area contributed by atoms with Gasteiger partial charge < -0.3 is 11.1 Å². The topological polar surface area (TPSA) is 38.0 Å². The zero-order chi connectivity index (χ0) is 11.3. The molecule has 15 heavy (non-hydrogen) atoms. The van der Waals surface area contributed by atoms with Crippen LogP contribution < -0.4 is 11.1 Å². The Morgan fingerprint density at radius 2 is 1.93 bits per heavy atom. The number of nitrogens with two attached hydrogens (primary N) is 1. The third-order valence-electron chi connectivity index (χ3n) is 2.55. The number of rotatable bonds is 5. The molecule has 0 aromatic heterocycles. The molecule has 0 aliphatic rings. The quantitative estimate of drug-likeness (QED) is 0.777. The lowest BCUT2D eigenvalue weighted by molar-refractivity contribution is 0.522. The number of anilines is 1. The van der Waals surface area contributed by atoms with Gasteiger partial charge >= 0.3 is 0 Å². The minimum Gasteiger partial charge on any atom is -0.381 e. The standard InChI is InChI=1S/C13H22N2/c1-10(2)8-12(9-14)15-13-7-5-4-6-11(13)3/h4-7,10,12,15H,8-9,14H2,1-3H3. The van der Waals surface area contributed by atoms with Gasteiger partial charge in [-0.15, -0.1) is 0 Å². The Labute approximate surface area is 92.9 Å². The first-order valence-corrected chi connectivity index (χ1v) is 5.65. The van der Waals surface area contributed by atoms with Crippen molar-refractivity contribution >= 4 is 5.69 Å². The van der Waals surface area contributed by atoms with Crippen molar-refractivity contribution in [2.75, 3.05) is 11.9 Å². The van der Waals surface area contributed by atoms with E-state index in [1.807, 2.05) is 0 Å². The molecule has 1 aromatic carbocycles. The van der Waals surface area contributed by atoms with Crippen LogP contribution in [0.2, 0.25) is 0 Å². The van der Waals surface area contributed by atoms with E-state index in [4.69, 9.17) is 5.73 Å². The number of benzene rings is 1. The maximum atomic E-state index is 5.76. The monoisotopic (exact) mass is 206 g/mol. The average Bonchev–Trinajstić information content (AvgIpc) is 2.19. The molecule has 0 aliphatic carbocycles. The Hall–Kier alpha value is -1.02. The van der Waals surface area contributed by atoms with E-state index >= 15 is 0 Å². The summed E-state index contributed by atoms with van der Waals surface area (Å²) < 4.78 is 0. The number of nitrogens with one attached hydrogen (secondary N) is 1. The lowest BCUT2D eigenvalue weighted by Gasteiger charge is -2.21. The van der Waals surface area contributed by atoms with E-state index in [2.05, 4.69) is 50.4 Å². The van der Waals surface area contributed by atoms with E-state index < -0.39 is 0 Å². The van der Waals surface area contributed by atoms with E-state index in [9.17, 15) is 0 Å². The Morgan fingerprint density at radius 3 is 2.47 bits per heavy atom. The van der Waals surface area contributed by atoms with Crippen molar-refractivity contribution in [1.82, 2.24) is 0 Å². The highest BCUT2D eigenvalue weighted by Gasteiger charge is 2.09. The van der Waals surface area contributed by atoms with Gasteiger partial charge in [-0.2, -0.15) is 0 Å². The molecule has 1 rings (SSSR count). The Balaban J connectivity index is 2.62. The maximum absolute atomic E-state index is 5.76. The minimum absolute atomic E-state index is 0.381. The molecule has 3 N–H and O–H groups in total. The molecule has 0 heterocycles. The SMILES string of the molecule is Cc1ccccc1NC(CN)CC(C)C. The van der Waals surface area contributed by atoms with Crippen LogP contribution in [0.1, 0.15) is 25.8 Å². The summed E-state index contributed by atoms with van der Waals surface area (Å²) in [6.07, 6.45) is 1.12. The molecule has 1 atom stereocenters. The molecule has 2 heteroatoms. The summed E-state index contributed by atoms with van der Waals surface area (Å²) in [5.74, 6) is 0.676. The van der Waals surface area contributed by atoms with Gasteiger partial charge in [0.05, 0.1) is 0 Å². The van der Waals surface area contributed by atoms with Crippen LogP contribution >= 0.6 is 0 Å². The minimum atomic E-state index is 0.381. The highest BCUT2D eigenvalue weighted by atomic mass is 14.9. The van der Waals surface area contributed by atoms with Crippen LogP contribution in [-0.2, 0) is 0 Å². The van der Waals surface area contributed by atoms with E-state index in [-0.39, 0.29) is 0 Å². The number of hydrogen-bond acceptors (Lipinski definition) is 2. The van der Waals surface area contributed by atoms with Crippen molar-refractivity contribution in [3.8, 4) is 0 Å². The molecule has 0 fully saturated rings. The molecule has 0 radical (unpaired) electrons. The molecule has 1 unspecified atom stereocenters. The molecule has 0 aliphatic heterocycles. The van der Waals surface area contributed by atoms with Gasteiger partial charge in [0.15, 0.2) is 0 Å². The molecule has 0 saturated heterocycles. The zero-order valence-electron chi connectivity index (χ0n) is 9.96. The Kier molecular flexibility index (Phi) is 4.63. The summed E-state index contributed by atoms with van der Waals surface area (Å²) in [4.78, 5) is 0. The Morgan fingerprint density at radius 1 is 1.27 bits per heavy atom. The molecule has 0 amide bonds. The molecule has 1 aromatic rings. The number of aryl methyl sites for hydroxylation is 1. The van der Waals surface area contributed by atoms with E-state index in [0.29, 0.717) is 18.5 Å². The van der Waals surface area contributed by atoms with Crippen molar-refractivity contribution < 1.29 is 0 Å². The molecule has 0 spiro atoms. The number of hydrogen-bond donors (Lipinski definition) is 2. The summed E-state index contributed by atoms with van der Waals surface area (Å²) in [5.41, 5.74) is 8.24. The van der Waals surface area contributed by atoms with Gasteiger partial charge in [0.25, 0.3) is 0 Å². The van der Waals surface area contributed by atoms with Gasteiger partial charge in [0, 0.05) is 18.3 Å². The van der Waals surface area contributed by atoms with Crippen molar-refractivity contribution in [1.29, 1.82) is 0 Å². The van der Waals surface area contributed by atoms with Crippen LogP contribution in [-0.4, -0.2) is 12.6 Å². The third-order valence-corrected chi connectivity index (χ3v) is 2.55. The first-order chi connectivity index (χ1) is 7.13. The predicted molar refractivity (Wildman–Crippen MR) is 67.1 cm³/mol. The lowest BCUT2D eigenvalue weighted by Crippen LogP contribution is -2.30. The predicted octanol–water partition coefficient (Wildman–Crippen LogP) is 2.78. The normalized spacial score (nSPS) is 12.9. The lowest BCUT2D eigenvalue weighted by atomic mass is 10.0. The summed E-state index contributed by atoms with van der Waals surface area (Å²) >= 11 is 0. The van der Waals surface area contributed by atoms with Crippen LogP contribution in [0.25, 0.3) is 0 Å². The second-order valence-electron chi connectivity index (χ2n) is 4.52. The second-order valence-corrected chi connectivity index (χ2v) is 4.52. The van der Waals surface area contributed by atoms with Gasteiger partial charge in [-0.05, 0) is 30.9 Å². The van der Waals surface area contributed by atoms with Gasteiger partial charge in [0.1, 0.15) is 0 Å². The second kappa shape index (κ2) is 5.76. The smallest absolute Gasteiger partial charge is 0.0386 e. The van der Waals surface area contributed by atoms with Crippen molar-refractivity contribution in [2.45, 2.75) is 33.2 Å². The number of para-hydroxylation sites is 1. The Bertz CT molecular complexity index is 294. The zero-order valence-corrected chi connectivity index (χ0v) is 9.96. The van der Waals surface area contributed by atoms with Crippen LogP contribution in [0.4, 0.5) is 5.69 Å². The summed E-state index contributed by atoms with van der Waals surface area (Å²) in [7, 11) is 0. The fourth-order valence-corrected chi connectivity index (χ4v) is 1.74. The van der Waals surface area contributed by atoms with Crippen LogP contribution in [0.5, 0.6) is 0 Å². The molecule has 0 saturated carbocycles. The first kappa shape index (κ1) is 12.1. The largest absolute Gasteiger partial charge is 0.381 e. The van der Waals surface area contributed by atoms with Gasteiger partial charge in [-0.1, -0.05) is 32.0 Å². The first-order valence-electron chi connectivity index (χ1n) is 5.65. The summed E-state index contributed by atoms with van der Waals surface area (Å²) in [5, 5.41) is 3.50. The highest BCUT2D eigenvalue weighted by Crippen LogP contribution is 2.16. The van der Waals surface area contributed by atoms with E-state index in [1.165, 1.54) is 11.3 Å². The third kappa shape index (κ3) is 3.92. The van der Waals surface area contributed by atoms with Gasteiger partial charge in [-0.3, -0.25) is 0 Å².